The molecule has 2 heterocycles. The van der Waals surface area contributed by atoms with E-state index in [-0.39, 0.29) is 29.6 Å². The van der Waals surface area contributed by atoms with E-state index in [1.807, 2.05) is 38.3 Å². The van der Waals surface area contributed by atoms with Crippen LogP contribution in [0.4, 0.5) is 5.13 Å². The maximum atomic E-state index is 13.6. The molecule has 0 saturated carbocycles. The largest absolute Gasteiger partial charge is 0.460 e. The van der Waals surface area contributed by atoms with Gasteiger partial charge >= 0.3 is 5.97 Å². The third-order valence-corrected chi connectivity index (χ3v) is 8.06. The summed E-state index contributed by atoms with van der Waals surface area (Å²) in [6.07, 6.45) is 0.724. The molecule has 0 aliphatic carbocycles. The van der Waals surface area contributed by atoms with Crippen molar-refractivity contribution in [2.24, 2.45) is 11.8 Å². The third-order valence-electron chi connectivity index (χ3n) is 6.09. The standard InChI is InChI=1S/C25H34N2O4S2/c1-13(2)21-17(8-7-16-12-32-24(26)27-16)20(29)22(23(30)31-21)33-19-9-14(3)15(11-28)10-18(19)25(4,5)6/h9-10,12-13,17,21-22,28H,7-8,11H2,1-6H3,(H2,26,27). The SMILES string of the molecule is Cc1cc(SC2C(=O)OC(C(C)C)C(CCc3csc(N)n3)C2=O)c(C(C)(C)C)cc1CO. The molecule has 0 radical (unpaired) electrons. The molecule has 1 aromatic carbocycles. The van der Waals surface area contributed by atoms with E-state index in [2.05, 4.69) is 25.8 Å². The number of aliphatic hydroxyl groups is 1. The van der Waals surface area contributed by atoms with E-state index < -0.39 is 17.3 Å². The number of hydrogen-bond donors (Lipinski definition) is 2. The molecule has 6 nitrogen and oxygen atoms in total. The summed E-state index contributed by atoms with van der Waals surface area (Å²) in [5, 5.41) is 11.2. The number of ether oxygens (including phenoxy) is 1. The van der Waals surface area contributed by atoms with Crippen molar-refractivity contribution in [1.29, 1.82) is 0 Å². The Morgan fingerprint density at radius 3 is 2.52 bits per heavy atom. The first-order chi connectivity index (χ1) is 15.4. The summed E-state index contributed by atoms with van der Waals surface area (Å²) in [6.45, 7) is 12.1. The Labute approximate surface area is 204 Å². The molecule has 0 spiro atoms. The number of Topliss-reactive ketones (excluding diaryl/α,β-unsaturated/α-hetero) is 1. The number of hydrogen-bond acceptors (Lipinski definition) is 8. The summed E-state index contributed by atoms with van der Waals surface area (Å²) in [5.41, 5.74) is 9.18. The summed E-state index contributed by atoms with van der Waals surface area (Å²) in [5.74, 6) is -0.909. The second-order valence-electron chi connectivity index (χ2n) is 10.1. The minimum absolute atomic E-state index is 0.0329. The molecule has 1 fully saturated rings. The van der Waals surface area contributed by atoms with Crippen LogP contribution in [0.2, 0.25) is 0 Å². The molecule has 0 amide bonds. The van der Waals surface area contributed by atoms with Crippen molar-refractivity contribution >= 4 is 40.0 Å². The predicted octanol–water partition coefficient (Wildman–Crippen LogP) is 4.68. The Hall–Kier alpha value is -1.90. The van der Waals surface area contributed by atoms with E-state index in [1.54, 1.807) is 0 Å². The van der Waals surface area contributed by atoms with Crippen molar-refractivity contribution in [3.63, 3.8) is 0 Å². The predicted molar refractivity (Wildman–Crippen MR) is 134 cm³/mol. The van der Waals surface area contributed by atoms with Crippen molar-refractivity contribution in [2.75, 3.05) is 5.73 Å². The van der Waals surface area contributed by atoms with Crippen LogP contribution in [0.15, 0.2) is 22.4 Å². The quantitative estimate of drug-likeness (QED) is 0.429. The fourth-order valence-electron chi connectivity index (χ4n) is 4.21. The highest BCUT2D eigenvalue weighted by atomic mass is 32.2. The third kappa shape index (κ3) is 5.78. The van der Waals surface area contributed by atoms with Gasteiger partial charge in [0, 0.05) is 10.3 Å². The molecule has 3 N–H and O–H groups in total. The first kappa shape index (κ1) is 25.7. The zero-order chi connectivity index (χ0) is 24.5. The van der Waals surface area contributed by atoms with Crippen molar-refractivity contribution in [2.45, 2.75) is 82.7 Å². The maximum absolute atomic E-state index is 13.6. The number of thioether (sulfide) groups is 1. The smallest absolute Gasteiger partial charge is 0.327 e. The van der Waals surface area contributed by atoms with Gasteiger partial charge in [0.1, 0.15) is 6.10 Å². The van der Waals surface area contributed by atoms with Crippen LogP contribution >= 0.6 is 23.1 Å². The molecule has 180 valence electrons. The number of aromatic nitrogens is 1. The fourth-order valence-corrected chi connectivity index (χ4v) is 6.24. The number of cyclic esters (lactones) is 1. The van der Waals surface area contributed by atoms with Gasteiger partial charge in [-0.25, -0.2) is 4.98 Å². The summed E-state index contributed by atoms with van der Waals surface area (Å²) >= 11 is 2.66. The average molecular weight is 491 g/mol. The Morgan fingerprint density at radius 1 is 1.27 bits per heavy atom. The minimum Gasteiger partial charge on any atom is -0.460 e. The first-order valence-corrected chi connectivity index (χ1v) is 13.0. The fraction of sp³-hybridized carbons (Fsp3) is 0.560. The number of nitrogens with two attached hydrogens (primary N) is 1. The number of rotatable bonds is 7. The monoisotopic (exact) mass is 490 g/mol. The molecule has 33 heavy (non-hydrogen) atoms. The first-order valence-electron chi connectivity index (χ1n) is 11.3. The highest BCUT2D eigenvalue weighted by molar-refractivity contribution is 8.01. The number of aliphatic hydroxyl groups excluding tert-OH is 1. The van der Waals surface area contributed by atoms with Gasteiger partial charge in [0.15, 0.2) is 16.2 Å². The maximum Gasteiger partial charge on any atom is 0.327 e. The number of benzene rings is 1. The van der Waals surface area contributed by atoms with Gasteiger partial charge in [0.05, 0.1) is 18.2 Å². The molecule has 1 aliphatic heterocycles. The van der Waals surface area contributed by atoms with Gasteiger partial charge in [-0.2, -0.15) is 0 Å². The van der Waals surface area contributed by atoms with Gasteiger partial charge in [-0.1, -0.05) is 40.7 Å². The molecule has 2 aromatic rings. The number of nitrogen functional groups attached to an aromatic ring is 1. The molecular formula is C25H34N2O4S2. The van der Waals surface area contributed by atoms with Crippen molar-refractivity contribution in [3.8, 4) is 0 Å². The van der Waals surface area contributed by atoms with Crippen molar-refractivity contribution in [1.82, 2.24) is 4.98 Å². The van der Waals surface area contributed by atoms with Crippen LogP contribution in [-0.2, 0) is 32.8 Å². The molecule has 1 saturated heterocycles. The van der Waals surface area contributed by atoms with Gasteiger partial charge < -0.3 is 15.6 Å². The summed E-state index contributed by atoms with van der Waals surface area (Å²) in [7, 11) is 0. The number of thiazole rings is 1. The molecule has 3 unspecified atom stereocenters. The Balaban J connectivity index is 1.90. The zero-order valence-corrected chi connectivity index (χ0v) is 21.8. The van der Waals surface area contributed by atoms with E-state index in [1.165, 1.54) is 23.1 Å². The van der Waals surface area contributed by atoms with Gasteiger partial charge in [0.2, 0.25) is 0 Å². The molecule has 3 rings (SSSR count). The second kappa shape index (κ2) is 10.2. The number of esters is 1. The zero-order valence-electron chi connectivity index (χ0n) is 20.2. The van der Waals surface area contributed by atoms with Gasteiger partial charge in [-0.3, -0.25) is 9.59 Å². The lowest BCUT2D eigenvalue weighted by molar-refractivity contribution is -0.165. The van der Waals surface area contributed by atoms with Crippen molar-refractivity contribution < 1.29 is 19.4 Å². The number of aryl methyl sites for hydroxylation is 2. The van der Waals surface area contributed by atoms with Crippen LogP contribution in [0.1, 0.15) is 63.4 Å². The Morgan fingerprint density at radius 2 is 1.97 bits per heavy atom. The van der Waals surface area contributed by atoms with Crippen LogP contribution < -0.4 is 5.73 Å². The van der Waals surface area contributed by atoms with E-state index >= 15 is 0 Å². The number of ketones is 1. The Bertz CT molecular complexity index is 1030. The second-order valence-corrected chi connectivity index (χ2v) is 12.1. The Kier molecular flexibility index (Phi) is 7.91. The lowest BCUT2D eigenvalue weighted by Gasteiger charge is -2.36. The lowest BCUT2D eigenvalue weighted by Crippen LogP contribution is -2.50. The van der Waals surface area contributed by atoms with Crippen LogP contribution in [0, 0.1) is 18.8 Å². The van der Waals surface area contributed by atoms with Gasteiger partial charge in [0.25, 0.3) is 0 Å². The average Bonchev–Trinajstić information content (AvgIpc) is 3.14. The summed E-state index contributed by atoms with van der Waals surface area (Å²) in [6, 6.07) is 3.95. The van der Waals surface area contributed by atoms with Crippen LogP contribution in [0.3, 0.4) is 0 Å². The number of anilines is 1. The van der Waals surface area contributed by atoms with Crippen LogP contribution in [0.5, 0.6) is 0 Å². The molecule has 1 aliphatic rings. The van der Waals surface area contributed by atoms with E-state index in [4.69, 9.17) is 10.5 Å². The number of carbonyl (C=O) groups excluding carboxylic acids is 2. The molecule has 8 heteroatoms. The molecular weight excluding hydrogens is 456 g/mol. The normalized spacial score (nSPS) is 21.5. The lowest BCUT2D eigenvalue weighted by atomic mass is 9.82. The van der Waals surface area contributed by atoms with Crippen LogP contribution in [0.25, 0.3) is 0 Å². The van der Waals surface area contributed by atoms with Gasteiger partial charge in [-0.05, 0) is 53.9 Å². The van der Waals surface area contributed by atoms with E-state index in [0.29, 0.717) is 18.0 Å². The highest BCUT2D eigenvalue weighted by Gasteiger charge is 2.46. The van der Waals surface area contributed by atoms with E-state index in [9.17, 15) is 14.7 Å². The van der Waals surface area contributed by atoms with Crippen molar-refractivity contribution in [3.05, 3.63) is 39.9 Å². The number of nitrogens with zero attached hydrogens (tertiary/aromatic N) is 1. The minimum atomic E-state index is -0.911. The van der Waals surface area contributed by atoms with E-state index in [0.717, 1.165) is 27.3 Å². The summed E-state index contributed by atoms with van der Waals surface area (Å²) in [4.78, 5) is 31.8. The topological polar surface area (TPSA) is 103 Å². The summed E-state index contributed by atoms with van der Waals surface area (Å²) < 4.78 is 5.85. The number of carbonyl (C=O) groups is 2. The highest BCUT2D eigenvalue weighted by Crippen LogP contribution is 2.41. The molecule has 3 atom stereocenters. The van der Waals surface area contributed by atoms with Gasteiger partial charge in [-0.15, -0.1) is 23.1 Å². The van der Waals surface area contributed by atoms with Crippen LogP contribution in [-0.4, -0.2) is 33.2 Å². The molecule has 0 bridgehead atoms. The molecule has 1 aromatic heterocycles.